The summed E-state index contributed by atoms with van der Waals surface area (Å²) in [4.78, 5) is 15.6. The van der Waals surface area contributed by atoms with Crippen molar-refractivity contribution in [2.45, 2.75) is 0 Å². The number of rotatable bonds is 6. The van der Waals surface area contributed by atoms with E-state index in [2.05, 4.69) is 156 Å². The molecule has 0 bridgehead atoms. The van der Waals surface area contributed by atoms with E-state index < -0.39 is 0 Å². The van der Waals surface area contributed by atoms with Crippen LogP contribution in [0.5, 0.6) is 0 Å². The molecule has 0 spiro atoms. The highest BCUT2D eigenvalue weighted by Crippen LogP contribution is 2.42. The van der Waals surface area contributed by atoms with E-state index in [-0.39, 0.29) is 0 Å². The van der Waals surface area contributed by atoms with E-state index in [0.29, 0.717) is 17.5 Å². The molecule has 8 aromatic carbocycles. The van der Waals surface area contributed by atoms with Gasteiger partial charge in [0.2, 0.25) is 0 Å². The van der Waals surface area contributed by atoms with Gasteiger partial charge in [0.25, 0.3) is 0 Å². The normalized spacial score (nSPS) is 11.6. The molecule has 56 heavy (non-hydrogen) atoms. The van der Waals surface area contributed by atoms with Crippen molar-refractivity contribution in [3.05, 3.63) is 194 Å². The molecule has 0 saturated heterocycles. The summed E-state index contributed by atoms with van der Waals surface area (Å²) in [7, 11) is 0. The molecule has 262 valence electrons. The molecule has 0 unspecified atom stereocenters. The molecule has 0 aliphatic carbocycles. The van der Waals surface area contributed by atoms with Crippen LogP contribution in [0.15, 0.2) is 199 Å². The van der Waals surface area contributed by atoms with Gasteiger partial charge in [0, 0.05) is 43.9 Å². The van der Waals surface area contributed by atoms with Crippen LogP contribution >= 0.6 is 0 Å². The Bertz CT molecular complexity index is 3190. The Balaban J connectivity index is 1.19. The second-order valence-electron chi connectivity index (χ2n) is 14.0. The number of benzene rings is 8. The van der Waals surface area contributed by atoms with Crippen LogP contribution in [0.4, 0.5) is 0 Å². The van der Waals surface area contributed by atoms with E-state index in [9.17, 15) is 0 Å². The summed E-state index contributed by atoms with van der Waals surface area (Å²) in [6.07, 6.45) is 0. The lowest BCUT2D eigenvalue weighted by molar-refractivity contribution is 0.669. The topological polar surface area (TPSA) is 56.7 Å². The van der Waals surface area contributed by atoms with Crippen molar-refractivity contribution in [1.82, 2.24) is 19.5 Å². The van der Waals surface area contributed by atoms with Crippen LogP contribution < -0.4 is 0 Å². The predicted molar refractivity (Wildman–Crippen MR) is 229 cm³/mol. The minimum atomic E-state index is 0.576. The van der Waals surface area contributed by atoms with Crippen LogP contribution in [-0.2, 0) is 0 Å². The zero-order valence-electron chi connectivity index (χ0n) is 30.2. The molecule has 11 aromatic rings. The Morgan fingerprint density at radius 1 is 0.339 bits per heavy atom. The van der Waals surface area contributed by atoms with Crippen molar-refractivity contribution in [3.8, 4) is 62.1 Å². The summed E-state index contributed by atoms with van der Waals surface area (Å²) in [5, 5.41) is 4.38. The summed E-state index contributed by atoms with van der Waals surface area (Å²) in [5.41, 5.74) is 11.9. The van der Waals surface area contributed by atoms with E-state index in [4.69, 9.17) is 19.4 Å². The number of hydrogen-bond donors (Lipinski definition) is 0. The lowest BCUT2D eigenvalue weighted by Gasteiger charge is -2.12. The smallest absolute Gasteiger partial charge is 0.164 e. The molecule has 0 amide bonds. The first-order valence-corrected chi connectivity index (χ1v) is 18.8. The van der Waals surface area contributed by atoms with E-state index in [0.717, 1.165) is 77.6 Å². The molecule has 3 heterocycles. The SMILES string of the molecule is c1ccc(-c2cccc(-c3nc(-c4ccccc4)nc(-c4cc(-c5ccccc5)cc5oc6ccc(-n7c8ccccc8c8ccccc87)cc6c45)n3)c2)cc1. The zero-order valence-corrected chi connectivity index (χ0v) is 30.2. The molecule has 0 N–H and O–H groups in total. The van der Waals surface area contributed by atoms with Crippen LogP contribution in [0.1, 0.15) is 0 Å². The Hall–Kier alpha value is -7.63. The molecule has 0 atom stereocenters. The third kappa shape index (κ3) is 5.37. The second kappa shape index (κ2) is 13.0. The van der Waals surface area contributed by atoms with E-state index in [1.807, 2.05) is 42.5 Å². The van der Waals surface area contributed by atoms with Crippen molar-refractivity contribution in [2.24, 2.45) is 0 Å². The average Bonchev–Trinajstić information content (AvgIpc) is 3.82. The highest BCUT2D eigenvalue weighted by Gasteiger charge is 2.21. The monoisotopic (exact) mass is 716 g/mol. The fourth-order valence-corrected chi connectivity index (χ4v) is 8.02. The number of furan rings is 1. The fourth-order valence-electron chi connectivity index (χ4n) is 8.02. The molecule has 5 heteroatoms. The van der Waals surface area contributed by atoms with Crippen molar-refractivity contribution in [2.75, 3.05) is 0 Å². The van der Waals surface area contributed by atoms with Crippen molar-refractivity contribution < 1.29 is 4.42 Å². The minimum absolute atomic E-state index is 0.576. The Kier molecular flexibility index (Phi) is 7.42. The number of nitrogens with zero attached hydrogens (tertiary/aromatic N) is 4. The van der Waals surface area contributed by atoms with E-state index in [1.165, 1.54) is 10.8 Å². The standard InChI is InChI=1S/C51H32N4O/c1-4-15-33(16-5-1)36-21-14-22-37(29-36)50-52-49(35-19-8-3-9-20-35)53-51(54-50)43-30-38(34-17-6-2-7-18-34)31-47-48(43)42-32-39(27-28-46(42)56-47)55-44-25-12-10-23-40(44)41-24-11-13-26-45(41)55/h1-32H. The van der Waals surface area contributed by atoms with Gasteiger partial charge in [0.1, 0.15) is 11.2 Å². The van der Waals surface area contributed by atoms with Crippen molar-refractivity contribution >= 4 is 43.7 Å². The molecule has 0 saturated carbocycles. The molecule has 0 fully saturated rings. The second-order valence-corrected chi connectivity index (χ2v) is 14.0. The Morgan fingerprint density at radius 3 is 1.55 bits per heavy atom. The first kappa shape index (κ1) is 31.9. The quantitative estimate of drug-likeness (QED) is 0.172. The highest BCUT2D eigenvalue weighted by atomic mass is 16.3. The lowest BCUT2D eigenvalue weighted by atomic mass is 9.98. The minimum Gasteiger partial charge on any atom is -0.456 e. The molecule has 11 rings (SSSR count). The third-order valence-corrected chi connectivity index (χ3v) is 10.6. The fraction of sp³-hybridized carbons (Fsp3) is 0. The van der Waals surface area contributed by atoms with Crippen LogP contribution in [0.25, 0.3) is 106 Å². The summed E-state index contributed by atoms with van der Waals surface area (Å²) in [6.45, 7) is 0. The van der Waals surface area contributed by atoms with E-state index >= 15 is 0 Å². The van der Waals surface area contributed by atoms with Gasteiger partial charge < -0.3 is 8.98 Å². The third-order valence-electron chi connectivity index (χ3n) is 10.6. The van der Waals surface area contributed by atoms with Crippen LogP contribution in [0.3, 0.4) is 0 Å². The van der Waals surface area contributed by atoms with Gasteiger partial charge in [-0.15, -0.1) is 0 Å². The maximum Gasteiger partial charge on any atom is 0.164 e. The number of para-hydroxylation sites is 2. The molecule has 0 aliphatic heterocycles. The van der Waals surface area contributed by atoms with Crippen LogP contribution in [0.2, 0.25) is 0 Å². The molecular weight excluding hydrogens is 685 g/mol. The Morgan fingerprint density at radius 2 is 0.875 bits per heavy atom. The van der Waals surface area contributed by atoms with Gasteiger partial charge in [-0.25, -0.2) is 15.0 Å². The number of aromatic nitrogens is 4. The van der Waals surface area contributed by atoms with Gasteiger partial charge in [-0.2, -0.15) is 0 Å². The maximum atomic E-state index is 6.74. The van der Waals surface area contributed by atoms with Gasteiger partial charge in [-0.3, -0.25) is 0 Å². The number of hydrogen-bond acceptors (Lipinski definition) is 4. The first-order valence-electron chi connectivity index (χ1n) is 18.8. The van der Waals surface area contributed by atoms with Crippen LogP contribution in [-0.4, -0.2) is 19.5 Å². The van der Waals surface area contributed by atoms with Crippen molar-refractivity contribution in [3.63, 3.8) is 0 Å². The van der Waals surface area contributed by atoms with E-state index in [1.54, 1.807) is 0 Å². The van der Waals surface area contributed by atoms with Gasteiger partial charge in [-0.1, -0.05) is 146 Å². The molecule has 5 nitrogen and oxygen atoms in total. The first-order chi connectivity index (χ1) is 27.7. The summed E-state index contributed by atoms with van der Waals surface area (Å²) < 4.78 is 9.08. The summed E-state index contributed by atoms with van der Waals surface area (Å²) >= 11 is 0. The van der Waals surface area contributed by atoms with Gasteiger partial charge in [0.05, 0.1) is 11.0 Å². The predicted octanol–water partition coefficient (Wildman–Crippen LogP) is 13.2. The molecular formula is C51H32N4O. The highest BCUT2D eigenvalue weighted by molar-refractivity contribution is 6.14. The van der Waals surface area contributed by atoms with Crippen molar-refractivity contribution in [1.29, 1.82) is 0 Å². The molecule has 0 radical (unpaired) electrons. The molecule has 3 aromatic heterocycles. The largest absolute Gasteiger partial charge is 0.456 e. The summed E-state index contributed by atoms with van der Waals surface area (Å²) in [6, 6.07) is 67.4. The number of fused-ring (bicyclic) bond motifs is 6. The summed E-state index contributed by atoms with van der Waals surface area (Å²) in [5.74, 6) is 1.78. The molecule has 0 aliphatic rings. The van der Waals surface area contributed by atoms with Gasteiger partial charge in [0.15, 0.2) is 17.5 Å². The Labute approximate surface area is 322 Å². The average molecular weight is 717 g/mol. The maximum absolute atomic E-state index is 6.74. The van der Waals surface area contributed by atoms with Crippen LogP contribution in [0, 0.1) is 0 Å². The zero-order chi connectivity index (χ0) is 37.0. The van der Waals surface area contributed by atoms with Gasteiger partial charge >= 0.3 is 0 Å². The van der Waals surface area contributed by atoms with Gasteiger partial charge in [-0.05, 0) is 70.8 Å². The lowest BCUT2D eigenvalue weighted by Crippen LogP contribution is -2.01.